The van der Waals surface area contributed by atoms with Gasteiger partial charge in [-0.1, -0.05) is 0 Å². The third-order valence-electron chi connectivity index (χ3n) is 2.48. The van der Waals surface area contributed by atoms with E-state index in [-0.39, 0.29) is 16.8 Å². The molecule has 16 heavy (non-hydrogen) atoms. The van der Waals surface area contributed by atoms with Crippen molar-refractivity contribution in [3.8, 4) is 5.75 Å². The van der Waals surface area contributed by atoms with Crippen LogP contribution in [0.4, 0.5) is 0 Å². The van der Waals surface area contributed by atoms with Crippen molar-refractivity contribution in [2.24, 2.45) is 7.05 Å². The van der Waals surface area contributed by atoms with Crippen LogP contribution in [0.5, 0.6) is 5.75 Å². The molecule has 0 radical (unpaired) electrons. The predicted octanol–water partition coefficient (Wildman–Crippen LogP) is 0.842. The Labute approximate surface area is 91.0 Å². The molecule has 2 aromatic rings. The lowest BCUT2D eigenvalue weighted by molar-refractivity contribution is 0.101. The van der Waals surface area contributed by atoms with Crippen molar-refractivity contribution in [3.05, 3.63) is 34.2 Å². The first kappa shape index (κ1) is 10.4. The van der Waals surface area contributed by atoms with Gasteiger partial charge in [-0.05, 0) is 19.1 Å². The van der Waals surface area contributed by atoms with Crippen LogP contribution in [0.2, 0.25) is 0 Å². The highest BCUT2D eigenvalue weighted by Gasteiger charge is 2.18. The third kappa shape index (κ3) is 1.29. The monoisotopic (exact) mass is 218 g/mol. The van der Waals surface area contributed by atoms with Crippen LogP contribution < -0.4 is 5.56 Å². The average molecular weight is 218 g/mol. The number of ketones is 1. The smallest absolute Gasteiger partial charge is 0.265 e. The van der Waals surface area contributed by atoms with E-state index in [1.807, 2.05) is 0 Å². The summed E-state index contributed by atoms with van der Waals surface area (Å²) in [5, 5.41) is 9.83. The van der Waals surface area contributed by atoms with Crippen LogP contribution in [0, 0.1) is 0 Å². The Bertz CT molecular complexity index is 643. The molecule has 0 unspecified atom stereocenters. The Balaban J connectivity index is 3.07. The van der Waals surface area contributed by atoms with Gasteiger partial charge in [0, 0.05) is 13.2 Å². The van der Waals surface area contributed by atoms with E-state index in [1.165, 1.54) is 24.7 Å². The van der Waals surface area contributed by atoms with Crippen molar-refractivity contribution < 1.29 is 9.90 Å². The predicted molar refractivity (Wildman–Crippen MR) is 58.7 cm³/mol. The first-order valence-corrected chi connectivity index (χ1v) is 4.71. The number of Topliss-reactive ketones (excluding diaryl/α,β-unsaturated/α-hetero) is 1. The second kappa shape index (κ2) is 3.44. The van der Waals surface area contributed by atoms with Crippen LogP contribution in [0.1, 0.15) is 17.3 Å². The van der Waals surface area contributed by atoms with Gasteiger partial charge < -0.3 is 9.67 Å². The van der Waals surface area contributed by atoms with Gasteiger partial charge in [-0.15, -0.1) is 0 Å². The lowest BCUT2D eigenvalue weighted by Gasteiger charge is -2.08. The highest BCUT2D eigenvalue weighted by Crippen LogP contribution is 2.23. The highest BCUT2D eigenvalue weighted by molar-refractivity contribution is 6.01. The Kier molecular flexibility index (Phi) is 2.23. The van der Waals surface area contributed by atoms with Crippen molar-refractivity contribution in [2.45, 2.75) is 6.92 Å². The molecule has 0 aliphatic rings. The van der Waals surface area contributed by atoms with Gasteiger partial charge in [-0.25, -0.2) is 0 Å². The first-order chi connectivity index (χ1) is 7.54. The third-order valence-corrected chi connectivity index (χ3v) is 2.48. The maximum atomic E-state index is 11.8. The lowest BCUT2D eigenvalue weighted by atomic mass is 10.1. The van der Waals surface area contributed by atoms with E-state index in [1.54, 1.807) is 12.1 Å². The van der Waals surface area contributed by atoms with E-state index in [0.717, 1.165) is 0 Å². The molecule has 1 N–H and O–H groups in total. The summed E-state index contributed by atoms with van der Waals surface area (Å²) in [6.07, 6.45) is 1.50. The average Bonchev–Trinajstić information content (AvgIpc) is 2.26. The zero-order valence-corrected chi connectivity index (χ0v) is 8.89. The molecule has 2 rings (SSSR count). The molecular weight excluding hydrogens is 208 g/mol. The Morgan fingerprint density at radius 1 is 1.50 bits per heavy atom. The number of carbonyl (C=O) groups excluding carboxylic acids is 1. The number of aryl methyl sites for hydroxylation is 1. The number of fused-ring (bicyclic) bond motifs is 1. The molecule has 0 aliphatic heterocycles. The Morgan fingerprint density at radius 3 is 2.81 bits per heavy atom. The Morgan fingerprint density at radius 2 is 2.19 bits per heavy atom. The highest BCUT2D eigenvalue weighted by atomic mass is 16.3. The second-order valence-corrected chi connectivity index (χ2v) is 3.52. The normalized spacial score (nSPS) is 10.6. The molecule has 2 heterocycles. The SMILES string of the molecule is CC(=O)c1c(O)c2ncccc2n(C)c1=O. The van der Waals surface area contributed by atoms with Gasteiger partial charge in [0.15, 0.2) is 11.5 Å². The number of nitrogens with zero attached hydrogens (tertiary/aromatic N) is 2. The van der Waals surface area contributed by atoms with E-state index in [2.05, 4.69) is 4.98 Å². The molecule has 0 bridgehead atoms. The Hall–Kier alpha value is -2.17. The molecule has 2 aromatic heterocycles. The molecule has 0 aliphatic carbocycles. The summed E-state index contributed by atoms with van der Waals surface area (Å²) in [6.45, 7) is 1.24. The quantitative estimate of drug-likeness (QED) is 0.720. The van der Waals surface area contributed by atoms with Crippen molar-refractivity contribution >= 4 is 16.8 Å². The van der Waals surface area contributed by atoms with Crippen LogP contribution in [-0.2, 0) is 7.05 Å². The number of carbonyl (C=O) groups is 1. The summed E-state index contributed by atoms with van der Waals surface area (Å²) in [6, 6.07) is 3.32. The minimum Gasteiger partial charge on any atom is -0.505 e. The molecule has 0 atom stereocenters. The number of rotatable bonds is 1. The molecule has 5 heteroatoms. The maximum absolute atomic E-state index is 11.8. The zero-order chi connectivity index (χ0) is 11.9. The van der Waals surface area contributed by atoms with Crippen LogP contribution in [0.3, 0.4) is 0 Å². The molecule has 0 aromatic carbocycles. The molecule has 0 saturated heterocycles. The number of hydrogen-bond donors (Lipinski definition) is 1. The fourth-order valence-electron chi connectivity index (χ4n) is 1.66. The number of hydrogen-bond acceptors (Lipinski definition) is 4. The molecule has 0 saturated carbocycles. The van der Waals surface area contributed by atoms with Crippen LogP contribution in [0.25, 0.3) is 11.0 Å². The second-order valence-electron chi connectivity index (χ2n) is 3.52. The van der Waals surface area contributed by atoms with E-state index in [9.17, 15) is 14.7 Å². The summed E-state index contributed by atoms with van der Waals surface area (Å²) in [5.74, 6) is -0.808. The molecule has 0 spiro atoms. The van der Waals surface area contributed by atoms with Crippen molar-refractivity contribution in [1.82, 2.24) is 9.55 Å². The summed E-state index contributed by atoms with van der Waals surface area (Å²) in [7, 11) is 1.54. The van der Waals surface area contributed by atoms with E-state index >= 15 is 0 Å². The van der Waals surface area contributed by atoms with Crippen molar-refractivity contribution in [2.75, 3.05) is 0 Å². The van der Waals surface area contributed by atoms with Gasteiger partial charge in [0.05, 0.1) is 5.52 Å². The minimum atomic E-state index is -0.509. The van der Waals surface area contributed by atoms with Gasteiger partial charge in [0.1, 0.15) is 11.1 Å². The summed E-state index contributed by atoms with van der Waals surface area (Å²) in [4.78, 5) is 27.0. The first-order valence-electron chi connectivity index (χ1n) is 4.71. The van der Waals surface area contributed by atoms with E-state index < -0.39 is 11.3 Å². The fourth-order valence-corrected chi connectivity index (χ4v) is 1.66. The van der Waals surface area contributed by atoms with Crippen LogP contribution in [-0.4, -0.2) is 20.4 Å². The van der Waals surface area contributed by atoms with E-state index in [4.69, 9.17) is 0 Å². The van der Waals surface area contributed by atoms with Gasteiger partial charge in [0.25, 0.3) is 5.56 Å². The lowest BCUT2D eigenvalue weighted by Crippen LogP contribution is -2.24. The van der Waals surface area contributed by atoms with Crippen molar-refractivity contribution in [1.29, 1.82) is 0 Å². The minimum absolute atomic E-state index is 0.214. The molecular formula is C11H10N2O3. The zero-order valence-electron chi connectivity index (χ0n) is 8.89. The topological polar surface area (TPSA) is 72.2 Å². The molecule has 82 valence electrons. The number of aromatic nitrogens is 2. The van der Waals surface area contributed by atoms with Gasteiger partial charge in [-0.3, -0.25) is 14.6 Å². The van der Waals surface area contributed by atoms with Crippen LogP contribution >= 0.6 is 0 Å². The van der Waals surface area contributed by atoms with Gasteiger partial charge in [-0.2, -0.15) is 0 Å². The van der Waals surface area contributed by atoms with Gasteiger partial charge >= 0.3 is 0 Å². The molecule has 5 nitrogen and oxygen atoms in total. The van der Waals surface area contributed by atoms with E-state index in [0.29, 0.717) is 5.52 Å². The standard InChI is InChI=1S/C11H10N2O3/c1-6(14)8-10(15)9-7(4-3-5-12-9)13(2)11(8)16/h3-5,15H,1-2H3. The fraction of sp³-hybridized carbons (Fsp3) is 0.182. The van der Waals surface area contributed by atoms with Crippen molar-refractivity contribution in [3.63, 3.8) is 0 Å². The molecule has 0 amide bonds. The van der Waals surface area contributed by atoms with Gasteiger partial charge in [0.2, 0.25) is 0 Å². The summed E-state index contributed by atoms with van der Waals surface area (Å²) < 4.78 is 1.30. The number of aromatic hydroxyl groups is 1. The molecule has 0 fully saturated rings. The number of pyridine rings is 2. The summed E-state index contributed by atoms with van der Waals surface area (Å²) in [5.41, 5.74) is 0.0315. The summed E-state index contributed by atoms with van der Waals surface area (Å²) >= 11 is 0. The van der Waals surface area contributed by atoms with Crippen LogP contribution in [0.15, 0.2) is 23.1 Å². The maximum Gasteiger partial charge on any atom is 0.265 e. The largest absolute Gasteiger partial charge is 0.505 e.